The van der Waals surface area contributed by atoms with Crippen molar-refractivity contribution in [2.75, 3.05) is 25.5 Å². The van der Waals surface area contributed by atoms with Crippen LogP contribution in [-0.4, -0.2) is 43.0 Å². The number of nitrogens with one attached hydrogen (secondary N) is 1. The van der Waals surface area contributed by atoms with Crippen LogP contribution >= 0.6 is 0 Å². The Labute approximate surface area is 118 Å². The minimum Gasteiger partial charge on any atom is -0.468 e. The molecule has 1 aromatic rings. The third-order valence-electron chi connectivity index (χ3n) is 3.52. The van der Waals surface area contributed by atoms with Crippen LogP contribution in [0.5, 0.6) is 0 Å². The van der Waals surface area contributed by atoms with E-state index in [1.54, 1.807) is 0 Å². The number of esters is 1. The molecule has 0 spiro atoms. The molecule has 0 saturated carbocycles. The van der Waals surface area contributed by atoms with Gasteiger partial charge in [-0.15, -0.1) is 0 Å². The van der Waals surface area contributed by atoms with Crippen molar-refractivity contribution in [1.29, 1.82) is 0 Å². The van der Waals surface area contributed by atoms with Crippen molar-refractivity contribution in [2.24, 2.45) is 0 Å². The van der Waals surface area contributed by atoms with Crippen LogP contribution in [0.3, 0.4) is 0 Å². The second-order valence-electron chi connectivity index (χ2n) is 4.88. The Morgan fingerprint density at radius 3 is 2.80 bits per heavy atom. The van der Waals surface area contributed by atoms with Crippen LogP contribution in [0.15, 0.2) is 30.3 Å². The highest BCUT2D eigenvalue weighted by molar-refractivity contribution is 5.90. The molecule has 5 heteroatoms. The van der Waals surface area contributed by atoms with Crippen LogP contribution in [0.4, 0.5) is 5.69 Å². The second-order valence-corrected chi connectivity index (χ2v) is 4.88. The minimum atomic E-state index is -0.203. The van der Waals surface area contributed by atoms with E-state index in [1.807, 2.05) is 35.2 Å². The lowest BCUT2D eigenvalue weighted by atomic mass is 10.2. The summed E-state index contributed by atoms with van der Waals surface area (Å²) in [5.41, 5.74) is 0.795. The van der Waals surface area contributed by atoms with Gasteiger partial charge in [0, 0.05) is 18.7 Å². The van der Waals surface area contributed by atoms with Gasteiger partial charge in [0.1, 0.15) is 6.04 Å². The van der Waals surface area contributed by atoms with E-state index in [-0.39, 0.29) is 17.9 Å². The number of carbonyl (C=O) groups is 2. The number of nitrogens with zero attached hydrogens (tertiary/aromatic N) is 1. The molecular weight excluding hydrogens is 256 g/mol. The number of para-hydroxylation sites is 1. The molecule has 0 radical (unpaired) electrons. The number of amides is 1. The Bertz CT molecular complexity index is 461. The molecule has 1 heterocycles. The molecule has 1 unspecified atom stereocenters. The molecule has 0 bridgehead atoms. The van der Waals surface area contributed by atoms with Crippen molar-refractivity contribution < 1.29 is 14.3 Å². The molecule has 20 heavy (non-hydrogen) atoms. The van der Waals surface area contributed by atoms with Gasteiger partial charge >= 0.3 is 5.97 Å². The van der Waals surface area contributed by atoms with Gasteiger partial charge in [-0.05, 0) is 31.5 Å². The summed E-state index contributed by atoms with van der Waals surface area (Å²) < 4.78 is 4.79. The lowest BCUT2D eigenvalue weighted by Gasteiger charge is -2.21. The average Bonchev–Trinajstić information content (AvgIpc) is 2.94. The van der Waals surface area contributed by atoms with Crippen LogP contribution in [0, 0.1) is 0 Å². The summed E-state index contributed by atoms with van der Waals surface area (Å²) in [5.74, 6) is -0.238. The molecule has 0 aliphatic carbocycles. The maximum absolute atomic E-state index is 11.9. The molecule has 1 aliphatic rings. The van der Waals surface area contributed by atoms with Crippen LogP contribution in [0.2, 0.25) is 0 Å². The van der Waals surface area contributed by atoms with E-state index in [0.717, 1.165) is 25.1 Å². The molecule has 1 aliphatic heterocycles. The van der Waals surface area contributed by atoms with Crippen LogP contribution in [0.1, 0.15) is 19.3 Å². The van der Waals surface area contributed by atoms with Crippen molar-refractivity contribution in [1.82, 2.24) is 4.90 Å². The first-order valence-corrected chi connectivity index (χ1v) is 6.87. The summed E-state index contributed by atoms with van der Waals surface area (Å²) >= 11 is 0. The van der Waals surface area contributed by atoms with Gasteiger partial charge in [0.15, 0.2) is 0 Å². The van der Waals surface area contributed by atoms with E-state index in [9.17, 15) is 9.59 Å². The number of hydrogen-bond acceptors (Lipinski definition) is 4. The van der Waals surface area contributed by atoms with Crippen molar-refractivity contribution in [2.45, 2.75) is 25.3 Å². The Hall–Kier alpha value is -1.88. The van der Waals surface area contributed by atoms with Gasteiger partial charge in [-0.2, -0.15) is 0 Å². The Morgan fingerprint density at radius 2 is 2.10 bits per heavy atom. The molecule has 1 N–H and O–H groups in total. The number of likely N-dealkylation sites (tertiary alicyclic amines) is 1. The molecule has 0 aromatic heterocycles. The first-order valence-electron chi connectivity index (χ1n) is 6.87. The summed E-state index contributed by atoms with van der Waals surface area (Å²) in [5, 5.41) is 2.84. The maximum Gasteiger partial charge on any atom is 0.323 e. The standard InChI is InChI=1S/C15H20N2O3/c1-20-15(19)13-8-5-10-17(13)11-9-14(18)16-12-6-3-2-4-7-12/h2-4,6-7,13H,5,8-11H2,1H3,(H,16,18). The van der Waals surface area contributed by atoms with E-state index < -0.39 is 0 Å². The van der Waals surface area contributed by atoms with Crippen molar-refractivity contribution >= 4 is 17.6 Å². The van der Waals surface area contributed by atoms with E-state index in [4.69, 9.17) is 4.74 Å². The Kier molecular flexibility index (Phi) is 5.12. The first-order chi connectivity index (χ1) is 9.70. The van der Waals surface area contributed by atoms with Crippen LogP contribution in [-0.2, 0) is 14.3 Å². The zero-order valence-corrected chi connectivity index (χ0v) is 11.7. The number of carbonyl (C=O) groups excluding carboxylic acids is 2. The quantitative estimate of drug-likeness (QED) is 0.831. The largest absolute Gasteiger partial charge is 0.468 e. The molecule has 1 saturated heterocycles. The van der Waals surface area contributed by atoms with E-state index >= 15 is 0 Å². The van der Waals surface area contributed by atoms with Gasteiger partial charge in [-0.3, -0.25) is 14.5 Å². The van der Waals surface area contributed by atoms with Gasteiger partial charge < -0.3 is 10.1 Å². The highest BCUT2D eigenvalue weighted by atomic mass is 16.5. The minimum absolute atomic E-state index is 0.0354. The second kappa shape index (κ2) is 7.05. The molecule has 2 rings (SSSR count). The topological polar surface area (TPSA) is 58.6 Å². The highest BCUT2D eigenvalue weighted by Gasteiger charge is 2.31. The fourth-order valence-corrected chi connectivity index (χ4v) is 2.49. The van der Waals surface area contributed by atoms with Gasteiger partial charge in [0.05, 0.1) is 7.11 Å². The van der Waals surface area contributed by atoms with Crippen molar-refractivity contribution in [3.8, 4) is 0 Å². The van der Waals surface area contributed by atoms with E-state index in [1.165, 1.54) is 7.11 Å². The number of methoxy groups -OCH3 is 1. The monoisotopic (exact) mass is 276 g/mol. The van der Waals surface area contributed by atoms with Crippen molar-refractivity contribution in [3.63, 3.8) is 0 Å². The smallest absolute Gasteiger partial charge is 0.323 e. The Balaban J connectivity index is 1.80. The number of ether oxygens (including phenoxy) is 1. The van der Waals surface area contributed by atoms with E-state index in [2.05, 4.69) is 5.32 Å². The molecule has 5 nitrogen and oxygen atoms in total. The number of anilines is 1. The lowest BCUT2D eigenvalue weighted by molar-refractivity contribution is -0.146. The van der Waals surface area contributed by atoms with Gasteiger partial charge in [0.25, 0.3) is 0 Å². The van der Waals surface area contributed by atoms with Crippen LogP contribution < -0.4 is 5.32 Å². The van der Waals surface area contributed by atoms with Gasteiger partial charge in [0.2, 0.25) is 5.91 Å². The van der Waals surface area contributed by atoms with Crippen LogP contribution in [0.25, 0.3) is 0 Å². The summed E-state index contributed by atoms with van der Waals surface area (Å²) in [7, 11) is 1.40. The fraction of sp³-hybridized carbons (Fsp3) is 0.467. The zero-order valence-electron chi connectivity index (χ0n) is 11.7. The normalized spacial score (nSPS) is 18.8. The summed E-state index contributed by atoms with van der Waals surface area (Å²) in [6.45, 7) is 1.43. The molecule has 1 atom stereocenters. The number of rotatable bonds is 5. The summed E-state index contributed by atoms with van der Waals surface area (Å²) in [6, 6.07) is 9.17. The molecule has 1 aromatic carbocycles. The third kappa shape index (κ3) is 3.81. The predicted octanol–water partition coefficient (Wildman–Crippen LogP) is 1.65. The molecular formula is C15H20N2O3. The first kappa shape index (κ1) is 14.5. The molecule has 108 valence electrons. The predicted molar refractivity (Wildman–Crippen MR) is 76.3 cm³/mol. The molecule has 1 fully saturated rings. The summed E-state index contributed by atoms with van der Waals surface area (Å²) in [6.07, 6.45) is 2.16. The lowest BCUT2D eigenvalue weighted by Crippen LogP contribution is -2.38. The zero-order chi connectivity index (χ0) is 14.4. The fourth-order valence-electron chi connectivity index (χ4n) is 2.49. The van der Waals surface area contributed by atoms with E-state index in [0.29, 0.717) is 13.0 Å². The number of hydrogen-bond donors (Lipinski definition) is 1. The third-order valence-corrected chi connectivity index (χ3v) is 3.52. The SMILES string of the molecule is COC(=O)C1CCCN1CCC(=O)Nc1ccccc1. The number of benzene rings is 1. The van der Waals surface area contributed by atoms with Crippen molar-refractivity contribution in [3.05, 3.63) is 30.3 Å². The average molecular weight is 276 g/mol. The Morgan fingerprint density at radius 1 is 1.35 bits per heavy atom. The summed E-state index contributed by atoms with van der Waals surface area (Å²) in [4.78, 5) is 25.5. The van der Waals surface area contributed by atoms with Gasteiger partial charge in [-0.1, -0.05) is 18.2 Å². The van der Waals surface area contributed by atoms with Gasteiger partial charge in [-0.25, -0.2) is 0 Å². The highest BCUT2D eigenvalue weighted by Crippen LogP contribution is 2.18. The maximum atomic E-state index is 11.9. The molecule has 1 amide bonds.